The van der Waals surface area contributed by atoms with Gasteiger partial charge in [-0.1, -0.05) is 42.0 Å². The first-order valence-electron chi connectivity index (χ1n) is 9.44. The van der Waals surface area contributed by atoms with Crippen molar-refractivity contribution in [3.8, 4) is 17.0 Å². The Labute approximate surface area is 168 Å². The van der Waals surface area contributed by atoms with Gasteiger partial charge in [-0.05, 0) is 38.1 Å². The third-order valence-electron chi connectivity index (χ3n) is 4.51. The Bertz CT molecular complexity index is 1150. The van der Waals surface area contributed by atoms with E-state index in [2.05, 4.69) is 20.6 Å². The highest BCUT2D eigenvalue weighted by molar-refractivity contribution is 5.96. The molecule has 2 aromatic heterocycles. The van der Waals surface area contributed by atoms with Gasteiger partial charge in [-0.15, -0.1) is 10.2 Å². The molecule has 0 saturated carbocycles. The zero-order valence-electron chi connectivity index (χ0n) is 16.3. The fourth-order valence-corrected chi connectivity index (χ4v) is 3.01. The van der Waals surface area contributed by atoms with Crippen LogP contribution < -0.4 is 10.1 Å². The summed E-state index contributed by atoms with van der Waals surface area (Å²) in [5.41, 5.74) is 4.12. The highest BCUT2D eigenvalue weighted by Gasteiger charge is 2.14. The predicted octanol–water partition coefficient (Wildman–Crippen LogP) is 3.43. The van der Waals surface area contributed by atoms with Gasteiger partial charge < -0.3 is 10.1 Å². The molecule has 1 amide bonds. The lowest BCUT2D eigenvalue weighted by Gasteiger charge is -2.10. The van der Waals surface area contributed by atoms with Gasteiger partial charge in [-0.25, -0.2) is 0 Å². The van der Waals surface area contributed by atoms with Crippen LogP contribution in [0.15, 0.2) is 60.7 Å². The SMILES string of the molecule is CCOc1ccccc1C(=O)NCc1nnc2ccc(-c3ccc(C)cc3)nn12. The number of rotatable bonds is 6. The van der Waals surface area contributed by atoms with Crippen molar-refractivity contribution in [1.29, 1.82) is 0 Å². The van der Waals surface area contributed by atoms with Crippen LogP contribution >= 0.6 is 0 Å². The Morgan fingerprint density at radius 3 is 2.62 bits per heavy atom. The van der Waals surface area contributed by atoms with E-state index in [1.807, 2.05) is 56.3 Å². The normalized spacial score (nSPS) is 10.8. The third-order valence-corrected chi connectivity index (χ3v) is 4.51. The van der Waals surface area contributed by atoms with Crippen LogP contribution in [0.4, 0.5) is 0 Å². The lowest BCUT2D eigenvalue weighted by molar-refractivity contribution is 0.0946. The number of carbonyl (C=O) groups is 1. The molecule has 2 aromatic carbocycles. The Hall–Kier alpha value is -3.74. The minimum atomic E-state index is -0.236. The van der Waals surface area contributed by atoms with Crippen molar-refractivity contribution in [2.75, 3.05) is 6.61 Å². The molecule has 7 nitrogen and oxygen atoms in total. The molecular weight excluding hydrogens is 366 g/mol. The van der Waals surface area contributed by atoms with Crippen molar-refractivity contribution in [3.63, 3.8) is 0 Å². The van der Waals surface area contributed by atoms with Crippen molar-refractivity contribution >= 4 is 11.6 Å². The highest BCUT2D eigenvalue weighted by atomic mass is 16.5. The molecule has 4 rings (SSSR count). The van der Waals surface area contributed by atoms with Gasteiger partial charge in [0.25, 0.3) is 5.91 Å². The number of carbonyl (C=O) groups excluding carboxylic acids is 1. The van der Waals surface area contributed by atoms with E-state index < -0.39 is 0 Å². The third kappa shape index (κ3) is 3.94. The van der Waals surface area contributed by atoms with Gasteiger partial charge in [-0.3, -0.25) is 4.79 Å². The average Bonchev–Trinajstić information content (AvgIpc) is 3.15. The Kier molecular flexibility index (Phi) is 5.20. The molecule has 0 unspecified atom stereocenters. The van der Waals surface area contributed by atoms with Gasteiger partial charge in [0.05, 0.1) is 24.4 Å². The number of fused-ring (bicyclic) bond motifs is 1. The molecule has 0 aliphatic carbocycles. The monoisotopic (exact) mass is 387 g/mol. The minimum absolute atomic E-state index is 0.199. The molecule has 0 radical (unpaired) electrons. The summed E-state index contributed by atoms with van der Waals surface area (Å²) in [5.74, 6) is 0.870. The maximum Gasteiger partial charge on any atom is 0.255 e. The van der Waals surface area contributed by atoms with E-state index in [1.165, 1.54) is 5.56 Å². The first-order valence-corrected chi connectivity index (χ1v) is 9.44. The van der Waals surface area contributed by atoms with Crippen LogP contribution in [0.1, 0.15) is 28.7 Å². The largest absolute Gasteiger partial charge is 0.493 e. The highest BCUT2D eigenvalue weighted by Crippen LogP contribution is 2.19. The topological polar surface area (TPSA) is 81.4 Å². The van der Waals surface area contributed by atoms with E-state index in [-0.39, 0.29) is 12.5 Å². The summed E-state index contributed by atoms with van der Waals surface area (Å²) in [6, 6.07) is 19.1. The number of aromatic nitrogens is 4. The van der Waals surface area contributed by atoms with E-state index in [1.54, 1.807) is 22.7 Å². The molecule has 0 saturated heterocycles. The van der Waals surface area contributed by atoms with Crippen LogP contribution in [0.25, 0.3) is 16.9 Å². The maximum atomic E-state index is 12.6. The first kappa shape index (κ1) is 18.6. The molecule has 4 aromatic rings. The molecule has 1 N–H and O–H groups in total. The van der Waals surface area contributed by atoms with Crippen molar-refractivity contribution in [2.45, 2.75) is 20.4 Å². The lowest BCUT2D eigenvalue weighted by Crippen LogP contribution is -2.25. The molecule has 0 spiro atoms. The second-order valence-electron chi connectivity index (χ2n) is 6.58. The number of ether oxygens (including phenoxy) is 1. The fraction of sp³-hybridized carbons (Fsp3) is 0.182. The van der Waals surface area contributed by atoms with Crippen molar-refractivity contribution in [3.05, 3.63) is 77.6 Å². The van der Waals surface area contributed by atoms with Gasteiger partial charge in [0.2, 0.25) is 0 Å². The number of hydrogen-bond acceptors (Lipinski definition) is 5. The van der Waals surface area contributed by atoms with Crippen LogP contribution in [0.2, 0.25) is 0 Å². The second-order valence-corrected chi connectivity index (χ2v) is 6.58. The number of para-hydroxylation sites is 1. The molecule has 2 heterocycles. The van der Waals surface area contributed by atoms with E-state index in [4.69, 9.17) is 4.74 Å². The maximum absolute atomic E-state index is 12.6. The molecule has 146 valence electrons. The van der Waals surface area contributed by atoms with Crippen molar-refractivity contribution < 1.29 is 9.53 Å². The molecule has 0 atom stereocenters. The summed E-state index contributed by atoms with van der Waals surface area (Å²) in [4.78, 5) is 12.6. The number of nitrogens with one attached hydrogen (secondary N) is 1. The summed E-state index contributed by atoms with van der Waals surface area (Å²) in [6.45, 7) is 4.62. The van der Waals surface area contributed by atoms with Crippen molar-refractivity contribution in [2.24, 2.45) is 0 Å². The van der Waals surface area contributed by atoms with E-state index in [9.17, 15) is 4.79 Å². The molecule has 0 bridgehead atoms. The molecule has 0 aliphatic heterocycles. The van der Waals surface area contributed by atoms with E-state index in [0.717, 1.165) is 11.3 Å². The fourth-order valence-electron chi connectivity index (χ4n) is 3.01. The van der Waals surface area contributed by atoms with E-state index >= 15 is 0 Å². The van der Waals surface area contributed by atoms with Gasteiger partial charge in [0.1, 0.15) is 5.75 Å². The van der Waals surface area contributed by atoms with Crippen LogP contribution in [0.3, 0.4) is 0 Å². The van der Waals surface area contributed by atoms with Gasteiger partial charge in [0.15, 0.2) is 11.5 Å². The molecular formula is C22H21N5O2. The number of nitrogens with zero attached hydrogens (tertiary/aromatic N) is 4. The summed E-state index contributed by atoms with van der Waals surface area (Å²) in [5, 5.41) is 15.8. The Morgan fingerprint density at radius 2 is 1.83 bits per heavy atom. The quantitative estimate of drug-likeness (QED) is 0.548. The Balaban J connectivity index is 1.56. The zero-order chi connectivity index (χ0) is 20.2. The smallest absolute Gasteiger partial charge is 0.255 e. The lowest BCUT2D eigenvalue weighted by atomic mass is 10.1. The van der Waals surface area contributed by atoms with Crippen LogP contribution in [0, 0.1) is 6.92 Å². The molecule has 0 aliphatic rings. The summed E-state index contributed by atoms with van der Waals surface area (Å²) >= 11 is 0. The molecule has 29 heavy (non-hydrogen) atoms. The van der Waals surface area contributed by atoms with Crippen LogP contribution in [0.5, 0.6) is 5.75 Å². The summed E-state index contributed by atoms with van der Waals surface area (Å²) in [6.07, 6.45) is 0. The van der Waals surface area contributed by atoms with Gasteiger partial charge in [-0.2, -0.15) is 9.61 Å². The summed E-state index contributed by atoms with van der Waals surface area (Å²) in [7, 11) is 0. The van der Waals surface area contributed by atoms with Crippen molar-refractivity contribution in [1.82, 2.24) is 25.1 Å². The van der Waals surface area contributed by atoms with Crippen LogP contribution in [-0.2, 0) is 6.54 Å². The number of amides is 1. The Morgan fingerprint density at radius 1 is 1.03 bits per heavy atom. The molecule has 7 heteroatoms. The van der Waals surface area contributed by atoms with E-state index in [0.29, 0.717) is 29.4 Å². The number of benzene rings is 2. The second kappa shape index (κ2) is 8.10. The average molecular weight is 387 g/mol. The predicted molar refractivity (Wildman–Crippen MR) is 110 cm³/mol. The first-order chi connectivity index (χ1) is 14.2. The summed E-state index contributed by atoms with van der Waals surface area (Å²) < 4.78 is 7.19. The van der Waals surface area contributed by atoms with Crippen LogP contribution in [-0.4, -0.2) is 32.3 Å². The minimum Gasteiger partial charge on any atom is -0.493 e. The standard InChI is InChI=1S/C22H21N5O2/c1-3-29-19-7-5-4-6-17(19)22(28)23-14-21-25-24-20-13-12-18(26-27(20)21)16-10-8-15(2)9-11-16/h4-13H,3,14H2,1-2H3,(H,23,28). The number of hydrogen-bond donors (Lipinski definition) is 1. The van der Waals surface area contributed by atoms with Gasteiger partial charge in [0, 0.05) is 5.56 Å². The number of aryl methyl sites for hydroxylation is 1. The van der Waals surface area contributed by atoms with Gasteiger partial charge >= 0.3 is 0 Å². The zero-order valence-corrected chi connectivity index (χ0v) is 16.3. The molecule has 0 fully saturated rings.